The first-order valence-electron chi connectivity index (χ1n) is 9.61. The van der Waals surface area contributed by atoms with E-state index < -0.39 is 4.92 Å². The Hall–Kier alpha value is -3.48. The number of benzene rings is 2. The second-order valence-electron chi connectivity index (χ2n) is 7.03. The van der Waals surface area contributed by atoms with Crippen LogP contribution in [0.4, 0.5) is 5.69 Å². The summed E-state index contributed by atoms with van der Waals surface area (Å²) in [5.74, 6) is -0.194. The highest BCUT2D eigenvalue weighted by atomic mass is 16.6. The van der Waals surface area contributed by atoms with Gasteiger partial charge in [0.1, 0.15) is 5.69 Å². The Morgan fingerprint density at radius 2 is 1.86 bits per heavy atom. The van der Waals surface area contributed by atoms with Crippen molar-refractivity contribution in [2.75, 3.05) is 6.54 Å². The van der Waals surface area contributed by atoms with E-state index in [4.69, 9.17) is 0 Å². The largest absolute Gasteiger partial charge is 0.351 e. The van der Waals surface area contributed by atoms with Crippen molar-refractivity contribution in [3.63, 3.8) is 0 Å². The van der Waals surface area contributed by atoms with E-state index in [9.17, 15) is 14.9 Å². The third-order valence-electron chi connectivity index (χ3n) is 4.72. The highest BCUT2D eigenvalue weighted by Crippen LogP contribution is 2.25. The van der Waals surface area contributed by atoms with Gasteiger partial charge >= 0.3 is 0 Å². The number of unbranched alkanes of at least 4 members (excludes halogenated alkanes) is 1. The van der Waals surface area contributed by atoms with Crippen molar-refractivity contribution in [2.45, 2.75) is 33.6 Å². The van der Waals surface area contributed by atoms with Gasteiger partial charge in [0.2, 0.25) is 0 Å². The number of hydrogen-bond donors (Lipinski definition) is 1. The van der Waals surface area contributed by atoms with Crippen LogP contribution in [-0.2, 0) is 0 Å². The second-order valence-corrected chi connectivity index (χ2v) is 7.03. The van der Waals surface area contributed by atoms with Crippen LogP contribution < -0.4 is 5.32 Å². The van der Waals surface area contributed by atoms with Crippen molar-refractivity contribution in [3.05, 3.63) is 75.5 Å². The molecule has 0 saturated carbocycles. The summed E-state index contributed by atoms with van der Waals surface area (Å²) in [5.41, 5.74) is 4.64. The molecule has 0 aliphatic heterocycles. The minimum absolute atomic E-state index is 0.0141. The van der Waals surface area contributed by atoms with E-state index in [0.717, 1.165) is 29.7 Å². The number of nitro benzene ring substituents is 1. The highest BCUT2D eigenvalue weighted by Gasteiger charge is 2.19. The molecule has 7 heteroatoms. The van der Waals surface area contributed by atoms with Gasteiger partial charge in [-0.25, -0.2) is 4.68 Å². The number of rotatable bonds is 7. The van der Waals surface area contributed by atoms with Gasteiger partial charge in [-0.15, -0.1) is 0 Å². The summed E-state index contributed by atoms with van der Waals surface area (Å²) in [4.78, 5) is 23.3. The number of carbonyl (C=O) groups is 1. The van der Waals surface area contributed by atoms with Gasteiger partial charge in [0.15, 0.2) is 0 Å². The first-order chi connectivity index (χ1) is 13.9. The second kappa shape index (κ2) is 8.68. The lowest BCUT2D eigenvalue weighted by Crippen LogP contribution is -2.26. The molecule has 2 aromatic carbocycles. The molecule has 150 valence electrons. The summed E-state index contributed by atoms with van der Waals surface area (Å²) in [6.45, 7) is 6.63. The lowest BCUT2D eigenvalue weighted by atomic mass is 10.1. The standard InChI is InChI=1S/C22H24N4O3/c1-4-5-12-23-22(27)21-14-19(17-8-10-18(11-9-17)26(28)29)24-25(21)20-13-15(2)6-7-16(20)3/h6-11,13-14H,4-5,12H2,1-3H3,(H,23,27). The topological polar surface area (TPSA) is 90.1 Å². The van der Waals surface area contributed by atoms with Crippen LogP contribution in [0.2, 0.25) is 0 Å². The molecule has 3 aromatic rings. The fourth-order valence-electron chi connectivity index (χ4n) is 3.04. The molecule has 1 aromatic heterocycles. The van der Waals surface area contributed by atoms with Crippen molar-refractivity contribution >= 4 is 11.6 Å². The number of non-ortho nitro benzene ring substituents is 1. The van der Waals surface area contributed by atoms with Crippen molar-refractivity contribution in [2.24, 2.45) is 0 Å². The molecular weight excluding hydrogens is 368 g/mol. The molecule has 0 unspecified atom stereocenters. The molecule has 0 radical (unpaired) electrons. The van der Waals surface area contributed by atoms with Crippen molar-refractivity contribution in [1.82, 2.24) is 15.1 Å². The van der Waals surface area contributed by atoms with E-state index in [2.05, 4.69) is 17.3 Å². The number of aryl methyl sites for hydroxylation is 2. The third kappa shape index (κ3) is 4.51. The number of nitrogens with one attached hydrogen (secondary N) is 1. The lowest BCUT2D eigenvalue weighted by molar-refractivity contribution is -0.384. The summed E-state index contributed by atoms with van der Waals surface area (Å²) >= 11 is 0. The summed E-state index contributed by atoms with van der Waals surface area (Å²) in [7, 11) is 0. The maximum Gasteiger partial charge on any atom is 0.270 e. The maximum absolute atomic E-state index is 12.8. The predicted molar refractivity (Wildman–Crippen MR) is 112 cm³/mol. The molecule has 0 bridgehead atoms. The quantitative estimate of drug-likeness (QED) is 0.362. The van der Waals surface area contributed by atoms with Crippen LogP contribution in [0.25, 0.3) is 16.9 Å². The molecule has 0 aliphatic rings. The maximum atomic E-state index is 12.8. The Labute approximate surface area is 169 Å². The van der Waals surface area contributed by atoms with Crippen molar-refractivity contribution < 1.29 is 9.72 Å². The van der Waals surface area contributed by atoms with Gasteiger partial charge in [0, 0.05) is 24.2 Å². The van der Waals surface area contributed by atoms with Gasteiger partial charge in [-0.3, -0.25) is 14.9 Å². The first kappa shape index (κ1) is 20.3. The minimum Gasteiger partial charge on any atom is -0.351 e. The highest BCUT2D eigenvalue weighted by molar-refractivity contribution is 5.94. The Morgan fingerprint density at radius 3 is 2.52 bits per heavy atom. The average molecular weight is 392 g/mol. The van der Waals surface area contributed by atoms with E-state index in [1.807, 2.05) is 32.0 Å². The number of nitro groups is 1. The van der Waals surface area contributed by atoms with Crippen LogP contribution in [-0.4, -0.2) is 27.2 Å². The average Bonchev–Trinajstić information content (AvgIpc) is 3.15. The zero-order valence-electron chi connectivity index (χ0n) is 16.8. The molecule has 3 rings (SSSR count). The van der Waals surface area contributed by atoms with E-state index in [1.54, 1.807) is 22.9 Å². The lowest BCUT2D eigenvalue weighted by Gasteiger charge is -2.11. The molecular formula is C22H24N4O3. The van der Waals surface area contributed by atoms with Crippen molar-refractivity contribution in [1.29, 1.82) is 0 Å². The molecule has 0 atom stereocenters. The Morgan fingerprint density at radius 1 is 1.14 bits per heavy atom. The first-order valence-corrected chi connectivity index (χ1v) is 9.61. The van der Waals surface area contributed by atoms with E-state index >= 15 is 0 Å². The Bertz CT molecular complexity index is 1040. The summed E-state index contributed by atoms with van der Waals surface area (Å²) in [5, 5.41) is 18.5. The van der Waals surface area contributed by atoms with Crippen LogP contribution in [0.3, 0.4) is 0 Å². The van der Waals surface area contributed by atoms with Crippen LogP contribution in [0.15, 0.2) is 48.5 Å². The number of aromatic nitrogens is 2. The van der Waals surface area contributed by atoms with Gasteiger partial charge in [-0.1, -0.05) is 25.5 Å². The van der Waals surface area contributed by atoms with Gasteiger partial charge in [0.05, 0.1) is 16.3 Å². The fourth-order valence-corrected chi connectivity index (χ4v) is 3.04. The van der Waals surface area contributed by atoms with Gasteiger partial charge in [-0.05, 0) is 55.7 Å². The van der Waals surface area contributed by atoms with Crippen LogP contribution in [0, 0.1) is 24.0 Å². The zero-order chi connectivity index (χ0) is 21.0. The monoisotopic (exact) mass is 392 g/mol. The Kier molecular flexibility index (Phi) is 6.07. The van der Waals surface area contributed by atoms with E-state index in [-0.39, 0.29) is 11.6 Å². The summed E-state index contributed by atoms with van der Waals surface area (Å²) < 4.78 is 1.65. The van der Waals surface area contributed by atoms with E-state index in [1.165, 1.54) is 12.1 Å². The van der Waals surface area contributed by atoms with Gasteiger partial charge < -0.3 is 5.32 Å². The summed E-state index contributed by atoms with van der Waals surface area (Å²) in [6.07, 6.45) is 1.89. The predicted octanol–water partition coefficient (Wildman–Crippen LogP) is 4.59. The van der Waals surface area contributed by atoms with Crippen LogP contribution in [0.5, 0.6) is 0 Å². The number of nitrogens with zero attached hydrogens (tertiary/aromatic N) is 3. The zero-order valence-corrected chi connectivity index (χ0v) is 16.8. The van der Waals surface area contributed by atoms with Crippen LogP contribution >= 0.6 is 0 Å². The van der Waals surface area contributed by atoms with Gasteiger partial charge in [0.25, 0.3) is 11.6 Å². The van der Waals surface area contributed by atoms with Crippen molar-refractivity contribution in [3.8, 4) is 16.9 Å². The molecule has 7 nitrogen and oxygen atoms in total. The van der Waals surface area contributed by atoms with Crippen LogP contribution in [0.1, 0.15) is 41.4 Å². The molecule has 1 N–H and O–H groups in total. The Balaban J connectivity index is 2.06. The number of amides is 1. The molecule has 1 heterocycles. The summed E-state index contributed by atoms with van der Waals surface area (Å²) in [6, 6.07) is 13.9. The number of hydrogen-bond acceptors (Lipinski definition) is 4. The molecule has 29 heavy (non-hydrogen) atoms. The molecule has 0 saturated heterocycles. The van der Waals surface area contributed by atoms with Gasteiger partial charge in [-0.2, -0.15) is 5.10 Å². The molecule has 1 amide bonds. The van der Waals surface area contributed by atoms with E-state index in [0.29, 0.717) is 23.5 Å². The molecule has 0 fully saturated rings. The minimum atomic E-state index is -0.439. The smallest absolute Gasteiger partial charge is 0.270 e. The number of carbonyl (C=O) groups excluding carboxylic acids is 1. The fraction of sp³-hybridized carbons (Fsp3) is 0.273. The molecule has 0 aliphatic carbocycles. The normalized spacial score (nSPS) is 10.7. The SMILES string of the molecule is CCCCNC(=O)c1cc(-c2ccc([N+](=O)[O-])cc2)nn1-c1cc(C)ccc1C. The third-order valence-corrected chi connectivity index (χ3v) is 4.72. The molecule has 0 spiro atoms.